The lowest BCUT2D eigenvalue weighted by Gasteiger charge is -2.29. The van der Waals surface area contributed by atoms with Crippen LogP contribution in [0.4, 0.5) is 0 Å². The Morgan fingerprint density at radius 3 is 2.83 bits per heavy atom. The van der Waals surface area contributed by atoms with E-state index in [9.17, 15) is 0 Å². The van der Waals surface area contributed by atoms with E-state index in [2.05, 4.69) is 42.4 Å². The molecule has 0 unspecified atom stereocenters. The largest absolute Gasteiger partial charge is 0.485 e. The van der Waals surface area contributed by atoms with Crippen molar-refractivity contribution in [2.45, 2.75) is 39.0 Å². The Morgan fingerprint density at radius 1 is 1.26 bits per heavy atom. The number of piperidine rings is 1. The van der Waals surface area contributed by atoms with Crippen molar-refractivity contribution in [2.75, 3.05) is 20.1 Å². The maximum Gasteiger partial charge on any atom is 0.146 e. The molecule has 4 nitrogen and oxygen atoms in total. The average Bonchev–Trinajstić information content (AvgIpc) is 3.07. The highest BCUT2D eigenvalue weighted by atomic mass is 16.5. The first-order valence-corrected chi connectivity index (χ1v) is 8.37. The number of rotatable bonds is 6. The number of likely N-dealkylation sites (tertiary alicyclic amines) is 1. The maximum atomic E-state index is 5.98. The summed E-state index contributed by atoms with van der Waals surface area (Å²) in [5, 5.41) is 3.68. The molecule has 0 atom stereocenters. The first kappa shape index (κ1) is 16.1. The summed E-state index contributed by atoms with van der Waals surface area (Å²) in [5.41, 5.74) is 2.42. The van der Waals surface area contributed by atoms with Gasteiger partial charge in [0, 0.05) is 18.2 Å². The van der Waals surface area contributed by atoms with Gasteiger partial charge >= 0.3 is 0 Å². The first-order chi connectivity index (χ1) is 11.2. The fourth-order valence-corrected chi connectivity index (χ4v) is 2.95. The molecule has 2 aromatic rings. The molecule has 1 aliphatic heterocycles. The predicted molar refractivity (Wildman–Crippen MR) is 91.6 cm³/mol. The van der Waals surface area contributed by atoms with Gasteiger partial charge in [-0.3, -0.25) is 0 Å². The molecule has 0 bridgehead atoms. The molecule has 23 heavy (non-hydrogen) atoms. The van der Waals surface area contributed by atoms with Gasteiger partial charge in [0.25, 0.3) is 0 Å². The van der Waals surface area contributed by atoms with Crippen LogP contribution < -0.4 is 10.1 Å². The van der Waals surface area contributed by atoms with Gasteiger partial charge in [-0.15, -0.1) is 0 Å². The van der Waals surface area contributed by atoms with Gasteiger partial charge in [-0.2, -0.15) is 0 Å². The van der Waals surface area contributed by atoms with Crippen molar-refractivity contribution >= 4 is 0 Å². The predicted octanol–water partition coefficient (Wildman–Crippen LogP) is 3.35. The molecule has 0 radical (unpaired) electrons. The van der Waals surface area contributed by atoms with Crippen molar-refractivity contribution in [1.29, 1.82) is 0 Å². The lowest BCUT2D eigenvalue weighted by Crippen LogP contribution is -2.40. The third-order valence-electron chi connectivity index (χ3n) is 4.47. The number of benzene rings is 1. The molecule has 0 amide bonds. The molecular formula is C19H26N2O2. The molecule has 3 rings (SSSR count). The van der Waals surface area contributed by atoms with Crippen LogP contribution >= 0.6 is 0 Å². The molecule has 1 aromatic heterocycles. The van der Waals surface area contributed by atoms with Crippen molar-refractivity contribution in [3.05, 3.63) is 53.5 Å². The van der Waals surface area contributed by atoms with Crippen LogP contribution in [-0.2, 0) is 13.2 Å². The van der Waals surface area contributed by atoms with Crippen LogP contribution in [0.25, 0.3) is 0 Å². The van der Waals surface area contributed by atoms with Crippen LogP contribution in [0.1, 0.15) is 29.7 Å². The zero-order valence-corrected chi connectivity index (χ0v) is 14.0. The van der Waals surface area contributed by atoms with Crippen molar-refractivity contribution in [2.24, 2.45) is 0 Å². The Bertz CT molecular complexity index is 602. The number of hydrogen-bond donors (Lipinski definition) is 1. The standard InChI is InChI=1S/C19H26N2O2/c1-15-5-6-16(13-20-17-7-9-21(2)10-8-17)19(12-15)23-14-18-4-3-11-22-18/h3-6,11-12,17,20H,7-10,13-14H2,1-2H3. The summed E-state index contributed by atoms with van der Waals surface area (Å²) in [7, 11) is 2.19. The molecule has 124 valence electrons. The zero-order chi connectivity index (χ0) is 16.1. The average molecular weight is 314 g/mol. The van der Waals surface area contributed by atoms with Crippen LogP contribution in [0.15, 0.2) is 41.0 Å². The highest BCUT2D eigenvalue weighted by Gasteiger charge is 2.16. The van der Waals surface area contributed by atoms with Crippen LogP contribution in [0.3, 0.4) is 0 Å². The summed E-state index contributed by atoms with van der Waals surface area (Å²) >= 11 is 0. The fraction of sp³-hybridized carbons (Fsp3) is 0.474. The van der Waals surface area contributed by atoms with Gasteiger partial charge in [0.2, 0.25) is 0 Å². The number of nitrogens with zero attached hydrogens (tertiary/aromatic N) is 1. The number of furan rings is 1. The Labute approximate surface area is 138 Å². The number of hydrogen-bond acceptors (Lipinski definition) is 4. The molecule has 1 aromatic carbocycles. The molecular weight excluding hydrogens is 288 g/mol. The van der Waals surface area contributed by atoms with E-state index >= 15 is 0 Å². The van der Waals surface area contributed by atoms with Crippen LogP contribution in [0, 0.1) is 6.92 Å². The molecule has 0 spiro atoms. The molecule has 0 saturated carbocycles. The highest BCUT2D eigenvalue weighted by molar-refractivity contribution is 5.37. The van der Waals surface area contributed by atoms with E-state index in [1.54, 1.807) is 6.26 Å². The van der Waals surface area contributed by atoms with Gasteiger partial charge in [0.1, 0.15) is 18.1 Å². The molecule has 0 aliphatic carbocycles. The second kappa shape index (κ2) is 7.66. The van der Waals surface area contributed by atoms with Crippen molar-refractivity contribution in [3.63, 3.8) is 0 Å². The van der Waals surface area contributed by atoms with Crippen molar-refractivity contribution < 1.29 is 9.15 Å². The summed E-state index contributed by atoms with van der Waals surface area (Å²) in [5.74, 6) is 1.79. The molecule has 1 N–H and O–H groups in total. The molecule has 1 fully saturated rings. The highest BCUT2D eigenvalue weighted by Crippen LogP contribution is 2.22. The number of ether oxygens (including phenoxy) is 1. The summed E-state index contributed by atoms with van der Waals surface area (Å²) in [4.78, 5) is 2.39. The minimum Gasteiger partial charge on any atom is -0.485 e. The summed E-state index contributed by atoms with van der Waals surface area (Å²) in [6, 6.07) is 10.8. The summed E-state index contributed by atoms with van der Waals surface area (Å²) in [6.45, 7) is 5.76. The SMILES string of the molecule is Cc1ccc(CNC2CCN(C)CC2)c(OCc2ccco2)c1. The van der Waals surface area contributed by atoms with Crippen molar-refractivity contribution in [1.82, 2.24) is 10.2 Å². The van der Waals surface area contributed by atoms with E-state index in [0.717, 1.165) is 18.1 Å². The summed E-state index contributed by atoms with van der Waals surface area (Å²) in [6.07, 6.45) is 4.10. The van der Waals surface area contributed by atoms with Gasteiger partial charge in [-0.05, 0) is 63.7 Å². The molecule has 2 heterocycles. The fourth-order valence-electron chi connectivity index (χ4n) is 2.95. The van der Waals surface area contributed by atoms with E-state index in [0.29, 0.717) is 12.6 Å². The second-order valence-corrected chi connectivity index (χ2v) is 6.44. The Kier molecular flexibility index (Phi) is 5.36. The van der Waals surface area contributed by atoms with Crippen LogP contribution in [0.2, 0.25) is 0 Å². The molecule has 1 aliphatic rings. The number of nitrogens with one attached hydrogen (secondary N) is 1. The first-order valence-electron chi connectivity index (χ1n) is 8.37. The third kappa shape index (κ3) is 4.60. The maximum absolute atomic E-state index is 5.98. The Morgan fingerprint density at radius 2 is 2.09 bits per heavy atom. The lowest BCUT2D eigenvalue weighted by molar-refractivity contribution is 0.232. The van der Waals surface area contributed by atoms with Crippen LogP contribution in [-0.4, -0.2) is 31.1 Å². The van der Waals surface area contributed by atoms with Crippen molar-refractivity contribution in [3.8, 4) is 5.75 Å². The normalized spacial score (nSPS) is 16.6. The minimum absolute atomic E-state index is 0.470. The van der Waals surface area contributed by atoms with Gasteiger partial charge in [-0.25, -0.2) is 0 Å². The second-order valence-electron chi connectivity index (χ2n) is 6.44. The zero-order valence-electron chi connectivity index (χ0n) is 14.0. The van der Waals surface area contributed by atoms with E-state index < -0.39 is 0 Å². The Hall–Kier alpha value is -1.78. The lowest BCUT2D eigenvalue weighted by atomic mass is 10.0. The smallest absolute Gasteiger partial charge is 0.146 e. The molecule has 1 saturated heterocycles. The monoisotopic (exact) mass is 314 g/mol. The summed E-state index contributed by atoms with van der Waals surface area (Å²) < 4.78 is 11.3. The van der Waals surface area contributed by atoms with E-state index in [-0.39, 0.29) is 0 Å². The topological polar surface area (TPSA) is 37.6 Å². The minimum atomic E-state index is 0.470. The Balaban J connectivity index is 1.59. The number of aryl methyl sites for hydroxylation is 1. The van der Waals surface area contributed by atoms with E-state index in [1.165, 1.54) is 37.1 Å². The van der Waals surface area contributed by atoms with Gasteiger partial charge in [0.05, 0.1) is 6.26 Å². The quantitative estimate of drug-likeness (QED) is 0.887. The molecule has 4 heteroatoms. The van der Waals surface area contributed by atoms with Gasteiger partial charge in [-0.1, -0.05) is 12.1 Å². The van der Waals surface area contributed by atoms with Gasteiger partial charge in [0.15, 0.2) is 0 Å². The van der Waals surface area contributed by atoms with E-state index in [1.807, 2.05) is 12.1 Å². The van der Waals surface area contributed by atoms with E-state index in [4.69, 9.17) is 9.15 Å². The van der Waals surface area contributed by atoms with Crippen LogP contribution in [0.5, 0.6) is 5.75 Å². The third-order valence-corrected chi connectivity index (χ3v) is 4.47. The van der Waals surface area contributed by atoms with Gasteiger partial charge < -0.3 is 19.4 Å².